The van der Waals surface area contributed by atoms with Gasteiger partial charge in [-0.2, -0.15) is 9.78 Å². The summed E-state index contributed by atoms with van der Waals surface area (Å²) in [6.45, 7) is 0. The van der Waals surface area contributed by atoms with Crippen molar-refractivity contribution in [1.82, 2.24) is 14.9 Å². The molecule has 0 bridgehead atoms. The minimum atomic E-state index is 0.359. The number of nitrogens with two attached hydrogens (primary N) is 1. The highest BCUT2D eigenvalue weighted by atomic mass is 32.1. The van der Waals surface area contributed by atoms with Gasteiger partial charge in [0.15, 0.2) is 0 Å². The first-order valence-electron chi connectivity index (χ1n) is 4.54. The molecule has 7 heteroatoms. The maximum absolute atomic E-state index is 5.26. The molecule has 1 aromatic heterocycles. The lowest BCUT2D eigenvalue weighted by Crippen LogP contribution is -2.11. The monoisotopic (exact) mass is 234 g/mol. The molecule has 0 fully saturated rings. The molecule has 0 unspecified atom stereocenters. The number of hydrogen-bond donors (Lipinski definition) is 3. The van der Waals surface area contributed by atoms with Crippen LogP contribution in [-0.2, 0) is 0 Å². The van der Waals surface area contributed by atoms with Crippen LogP contribution in [0.2, 0.25) is 0 Å². The molecule has 2 rings (SSSR count). The van der Waals surface area contributed by atoms with Gasteiger partial charge in [0.1, 0.15) is 0 Å². The molecule has 0 spiro atoms. The highest BCUT2D eigenvalue weighted by molar-refractivity contribution is 7.71. The van der Waals surface area contributed by atoms with Gasteiger partial charge in [-0.1, -0.05) is 30.3 Å². The molecule has 4 N–H and O–H groups in total. The predicted octanol–water partition coefficient (Wildman–Crippen LogP) is 1.11. The van der Waals surface area contributed by atoms with E-state index in [-0.39, 0.29) is 0 Å². The fraction of sp³-hybridized carbons (Fsp3) is 0. The number of benzene rings is 1. The van der Waals surface area contributed by atoms with E-state index < -0.39 is 0 Å². The van der Waals surface area contributed by atoms with Gasteiger partial charge in [0.25, 0.3) is 5.95 Å². The summed E-state index contributed by atoms with van der Waals surface area (Å²) in [5.74, 6) is 5.62. The van der Waals surface area contributed by atoms with Crippen LogP contribution in [0.4, 0.5) is 5.95 Å². The average Bonchev–Trinajstić information content (AvgIpc) is 2.69. The van der Waals surface area contributed by atoms with Gasteiger partial charge in [0.05, 0.1) is 6.21 Å². The van der Waals surface area contributed by atoms with Crippen molar-refractivity contribution in [3.05, 3.63) is 40.7 Å². The number of anilines is 1. The van der Waals surface area contributed by atoms with Gasteiger partial charge in [-0.25, -0.2) is 10.9 Å². The molecule has 0 radical (unpaired) electrons. The van der Waals surface area contributed by atoms with Crippen LogP contribution in [0, 0.1) is 4.77 Å². The smallest absolute Gasteiger partial charge is 0.258 e. The lowest BCUT2D eigenvalue weighted by molar-refractivity contribution is 0.864. The first-order valence-corrected chi connectivity index (χ1v) is 4.95. The van der Waals surface area contributed by atoms with Gasteiger partial charge in [-0.3, -0.25) is 5.43 Å². The third-order valence-corrected chi connectivity index (χ3v) is 2.17. The van der Waals surface area contributed by atoms with E-state index in [2.05, 4.69) is 20.7 Å². The van der Waals surface area contributed by atoms with Crippen LogP contribution >= 0.6 is 12.2 Å². The van der Waals surface area contributed by atoms with E-state index >= 15 is 0 Å². The van der Waals surface area contributed by atoms with Gasteiger partial charge >= 0.3 is 0 Å². The zero-order valence-electron chi connectivity index (χ0n) is 8.29. The number of aromatic amines is 1. The third-order valence-electron chi connectivity index (χ3n) is 1.90. The number of hydrogen-bond acceptors (Lipinski definition) is 5. The van der Waals surface area contributed by atoms with Crippen molar-refractivity contribution in [2.75, 3.05) is 5.43 Å². The fourth-order valence-electron chi connectivity index (χ4n) is 1.16. The molecule has 6 nitrogen and oxygen atoms in total. The molecule has 0 atom stereocenters. The molecule has 82 valence electrons. The van der Waals surface area contributed by atoms with E-state index in [0.29, 0.717) is 10.7 Å². The van der Waals surface area contributed by atoms with E-state index in [1.807, 2.05) is 30.3 Å². The number of H-pyrrole nitrogens is 1. The molecule has 0 saturated heterocycles. The summed E-state index contributed by atoms with van der Waals surface area (Å²) < 4.78 is 1.78. The van der Waals surface area contributed by atoms with Crippen molar-refractivity contribution in [2.24, 2.45) is 10.9 Å². The number of nitrogen functional groups attached to an aromatic ring is 1. The van der Waals surface area contributed by atoms with E-state index in [1.165, 1.54) is 4.68 Å². The molecular weight excluding hydrogens is 224 g/mol. The summed E-state index contributed by atoms with van der Waals surface area (Å²) in [7, 11) is 0. The van der Waals surface area contributed by atoms with Crippen molar-refractivity contribution < 1.29 is 0 Å². The fourth-order valence-corrected chi connectivity index (χ4v) is 1.33. The average molecular weight is 234 g/mol. The van der Waals surface area contributed by atoms with Crippen molar-refractivity contribution in [2.45, 2.75) is 0 Å². The van der Waals surface area contributed by atoms with Crippen molar-refractivity contribution >= 4 is 24.4 Å². The van der Waals surface area contributed by atoms with Gasteiger partial charge in [-0.05, 0) is 17.8 Å². The molecule has 1 heterocycles. The standard InChI is InChI=1S/C9H10N6S/c10-12-8-13-14-9(16)15(8)11-6-7-4-2-1-3-5-7/h1-6H,10H2,(H,12,13)(H,14,16)/b11-6+. The molecule has 1 aromatic carbocycles. The highest BCUT2D eigenvalue weighted by Crippen LogP contribution is 2.02. The van der Waals surface area contributed by atoms with Gasteiger partial charge in [0.2, 0.25) is 4.77 Å². The summed E-state index contributed by atoms with van der Waals surface area (Å²) in [4.78, 5) is 0. The minimum absolute atomic E-state index is 0.359. The quantitative estimate of drug-likeness (QED) is 0.321. The Labute approximate surface area is 96.8 Å². The van der Waals surface area contributed by atoms with E-state index in [9.17, 15) is 0 Å². The number of rotatable bonds is 3. The van der Waals surface area contributed by atoms with Crippen LogP contribution in [0.5, 0.6) is 0 Å². The largest absolute Gasteiger partial charge is 0.291 e. The number of hydrazine groups is 1. The first-order chi connectivity index (χ1) is 7.81. The van der Waals surface area contributed by atoms with E-state index in [0.717, 1.165) is 5.56 Å². The normalized spacial score (nSPS) is 10.8. The van der Waals surface area contributed by atoms with Gasteiger partial charge in [-0.15, -0.1) is 5.10 Å². The molecule has 0 saturated carbocycles. The maximum Gasteiger partial charge on any atom is 0.258 e. The van der Waals surface area contributed by atoms with Crippen LogP contribution in [0.15, 0.2) is 35.4 Å². The minimum Gasteiger partial charge on any atom is -0.291 e. The molecule has 0 aliphatic carbocycles. The molecule has 2 aromatic rings. The lowest BCUT2D eigenvalue weighted by Gasteiger charge is -1.97. The Morgan fingerprint density at radius 2 is 2.19 bits per heavy atom. The van der Waals surface area contributed by atoms with Crippen molar-refractivity contribution in [3.8, 4) is 0 Å². The van der Waals surface area contributed by atoms with Crippen LogP contribution in [0.1, 0.15) is 5.56 Å². The number of nitrogens with one attached hydrogen (secondary N) is 2. The second kappa shape index (κ2) is 4.69. The zero-order chi connectivity index (χ0) is 11.4. The number of nitrogens with zero attached hydrogens (tertiary/aromatic N) is 3. The van der Waals surface area contributed by atoms with Gasteiger partial charge < -0.3 is 0 Å². The maximum atomic E-state index is 5.26. The van der Waals surface area contributed by atoms with Crippen LogP contribution in [0.3, 0.4) is 0 Å². The summed E-state index contributed by atoms with van der Waals surface area (Å²) in [6.07, 6.45) is 1.67. The summed E-state index contributed by atoms with van der Waals surface area (Å²) >= 11 is 4.99. The van der Waals surface area contributed by atoms with Crippen LogP contribution < -0.4 is 11.3 Å². The third kappa shape index (κ3) is 2.15. The summed E-state index contributed by atoms with van der Waals surface area (Å²) in [6, 6.07) is 9.66. The molecular formula is C9H10N6S. The van der Waals surface area contributed by atoms with Crippen LogP contribution in [0.25, 0.3) is 0 Å². The Bertz CT molecular complexity index is 541. The van der Waals surface area contributed by atoms with Crippen LogP contribution in [-0.4, -0.2) is 21.1 Å². The predicted molar refractivity (Wildman–Crippen MR) is 64.7 cm³/mol. The number of aromatic nitrogens is 3. The molecule has 16 heavy (non-hydrogen) atoms. The Hall–Kier alpha value is -1.99. The summed E-state index contributed by atoms with van der Waals surface area (Å²) in [5.41, 5.74) is 3.36. The Balaban J connectivity index is 2.30. The van der Waals surface area contributed by atoms with E-state index in [1.54, 1.807) is 6.21 Å². The lowest BCUT2D eigenvalue weighted by atomic mass is 10.2. The molecule has 0 aliphatic heterocycles. The SMILES string of the molecule is NNc1n[nH]c(=S)n1/N=C/c1ccccc1. The van der Waals surface area contributed by atoms with Crippen molar-refractivity contribution in [1.29, 1.82) is 0 Å². The van der Waals surface area contributed by atoms with E-state index in [4.69, 9.17) is 18.1 Å². The topological polar surface area (TPSA) is 84.0 Å². The molecule has 0 amide bonds. The second-order valence-corrected chi connectivity index (χ2v) is 3.35. The Kier molecular flexibility index (Phi) is 3.08. The Morgan fingerprint density at radius 1 is 1.44 bits per heavy atom. The van der Waals surface area contributed by atoms with Gasteiger partial charge in [0, 0.05) is 0 Å². The summed E-state index contributed by atoms with van der Waals surface area (Å²) in [5, 5.41) is 10.6. The Morgan fingerprint density at radius 3 is 2.88 bits per heavy atom. The highest BCUT2D eigenvalue weighted by Gasteiger charge is 2.00. The second-order valence-electron chi connectivity index (χ2n) is 2.96. The first kappa shape index (κ1) is 10.5. The van der Waals surface area contributed by atoms with Crippen molar-refractivity contribution in [3.63, 3.8) is 0 Å². The zero-order valence-corrected chi connectivity index (χ0v) is 9.11. The molecule has 0 aliphatic rings.